The Balaban J connectivity index is 1.93. The molecule has 0 aliphatic heterocycles. The average molecular weight is 332 g/mol. The van der Waals surface area contributed by atoms with Crippen LogP contribution < -0.4 is 0 Å². The fraction of sp³-hybridized carbons (Fsp3) is 0.0588. The van der Waals surface area contributed by atoms with Crippen LogP contribution in [0.4, 0.5) is 0 Å². The molecule has 0 aliphatic rings. The fourth-order valence-corrected chi connectivity index (χ4v) is 3.58. The quantitative estimate of drug-likeness (QED) is 0.621. The Kier molecular flexibility index (Phi) is 3.52. The third kappa shape index (κ3) is 2.43. The molecule has 0 saturated carbocycles. The number of nitrogens with one attached hydrogen (secondary N) is 1. The van der Waals surface area contributed by atoms with E-state index in [2.05, 4.69) is 32.4 Å². The van der Waals surface area contributed by atoms with Gasteiger partial charge >= 0.3 is 0 Å². The molecule has 1 N–H and O–H groups in total. The minimum Gasteiger partial charge on any atom is -0.285 e. The van der Waals surface area contributed by atoms with Gasteiger partial charge in [0.2, 0.25) is 0 Å². The molecule has 0 spiro atoms. The Morgan fingerprint density at radius 1 is 1.25 bits per heavy atom. The van der Waals surface area contributed by atoms with Gasteiger partial charge in [0.05, 0.1) is 29.2 Å². The van der Waals surface area contributed by atoms with Gasteiger partial charge in [0.15, 0.2) is 0 Å². The molecular weight excluding hydrogens is 320 g/mol. The minimum atomic E-state index is 0.554. The Morgan fingerprint density at radius 2 is 2.17 bits per heavy atom. The number of aromatic amines is 1. The van der Waals surface area contributed by atoms with Crippen molar-refractivity contribution < 1.29 is 0 Å². The smallest absolute Gasteiger partial charge is 0.103 e. The number of nitriles is 1. The van der Waals surface area contributed by atoms with E-state index in [4.69, 9.17) is 0 Å². The Morgan fingerprint density at radius 3 is 2.92 bits per heavy atom. The summed E-state index contributed by atoms with van der Waals surface area (Å²) in [5.74, 6) is 0. The summed E-state index contributed by atoms with van der Waals surface area (Å²) in [5, 5.41) is 20.5. The van der Waals surface area contributed by atoms with Crippen molar-refractivity contribution >= 4 is 17.3 Å². The maximum Gasteiger partial charge on any atom is 0.103 e. The molecule has 6 nitrogen and oxygen atoms in total. The first kappa shape index (κ1) is 14.5. The van der Waals surface area contributed by atoms with E-state index in [-0.39, 0.29) is 0 Å². The molecule has 0 radical (unpaired) electrons. The third-order valence-electron chi connectivity index (χ3n) is 3.71. The number of aryl methyl sites for hydroxylation is 1. The monoisotopic (exact) mass is 332 g/mol. The summed E-state index contributed by atoms with van der Waals surface area (Å²) >= 11 is 1.58. The zero-order valence-corrected chi connectivity index (χ0v) is 13.6. The van der Waals surface area contributed by atoms with Crippen molar-refractivity contribution in [2.75, 3.05) is 0 Å². The van der Waals surface area contributed by atoms with Crippen LogP contribution in [0.25, 0.3) is 16.6 Å². The van der Waals surface area contributed by atoms with Gasteiger partial charge in [-0.1, -0.05) is 11.8 Å². The van der Waals surface area contributed by atoms with Crippen LogP contribution in [0.15, 0.2) is 59.0 Å². The van der Waals surface area contributed by atoms with E-state index < -0.39 is 0 Å². The maximum absolute atomic E-state index is 9.38. The first-order valence-corrected chi connectivity index (χ1v) is 8.08. The number of nitrogens with zero attached hydrogens (tertiary/aromatic N) is 5. The van der Waals surface area contributed by atoms with E-state index in [0.29, 0.717) is 5.56 Å². The maximum atomic E-state index is 9.38. The molecular formula is C17H12N6S. The first-order chi connectivity index (χ1) is 11.8. The van der Waals surface area contributed by atoms with Crippen LogP contribution in [0, 0.1) is 18.3 Å². The summed E-state index contributed by atoms with van der Waals surface area (Å²) in [6.07, 6.45) is 8.87. The van der Waals surface area contributed by atoms with Crippen LogP contribution >= 0.6 is 11.8 Å². The Bertz CT molecular complexity index is 1060. The zero-order valence-electron chi connectivity index (χ0n) is 12.8. The molecule has 116 valence electrons. The summed E-state index contributed by atoms with van der Waals surface area (Å²) in [5.41, 5.74) is 4.26. The van der Waals surface area contributed by atoms with Gasteiger partial charge in [0.1, 0.15) is 6.07 Å². The van der Waals surface area contributed by atoms with Crippen LogP contribution in [0.2, 0.25) is 0 Å². The molecule has 4 rings (SSSR count). The van der Waals surface area contributed by atoms with E-state index in [1.54, 1.807) is 34.9 Å². The van der Waals surface area contributed by atoms with Crippen molar-refractivity contribution in [1.29, 1.82) is 5.26 Å². The van der Waals surface area contributed by atoms with E-state index in [1.165, 1.54) is 0 Å². The largest absolute Gasteiger partial charge is 0.285 e. The molecule has 0 atom stereocenters. The van der Waals surface area contributed by atoms with Gasteiger partial charge in [-0.2, -0.15) is 15.5 Å². The SMILES string of the molecule is Cc1ncccc1Sc1cc(-c2cn[nH]c2)cn2ncc(C#N)c12. The molecule has 0 amide bonds. The van der Waals surface area contributed by atoms with Gasteiger partial charge in [0, 0.05) is 39.5 Å². The van der Waals surface area contributed by atoms with Crippen LogP contribution in [0.5, 0.6) is 0 Å². The van der Waals surface area contributed by atoms with Crippen LogP contribution in [0.3, 0.4) is 0 Å². The van der Waals surface area contributed by atoms with E-state index in [1.807, 2.05) is 31.5 Å². The lowest BCUT2D eigenvalue weighted by Gasteiger charge is -2.09. The van der Waals surface area contributed by atoms with Gasteiger partial charge in [-0.15, -0.1) is 0 Å². The van der Waals surface area contributed by atoms with Gasteiger partial charge in [-0.3, -0.25) is 10.1 Å². The highest BCUT2D eigenvalue weighted by atomic mass is 32.2. The molecule has 0 aliphatic carbocycles. The number of hydrogen-bond donors (Lipinski definition) is 1. The molecule has 4 aromatic rings. The normalized spacial score (nSPS) is 10.8. The number of aromatic nitrogens is 5. The lowest BCUT2D eigenvalue weighted by molar-refractivity contribution is 0.951. The van der Waals surface area contributed by atoms with E-state index in [0.717, 1.165) is 32.1 Å². The summed E-state index contributed by atoms with van der Waals surface area (Å²) in [6, 6.07) is 8.20. The topological polar surface area (TPSA) is 82.7 Å². The molecule has 4 aromatic heterocycles. The van der Waals surface area contributed by atoms with Crippen molar-refractivity contribution in [2.24, 2.45) is 0 Å². The first-order valence-electron chi connectivity index (χ1n) is 7.26. The predicted molar refractivity (Wildman–Crippen MR) is 90.6 cm³/mol. The molecule has 0 saturated heterocycles. The second-order valence-electron chi connectivity index (χ2n) is 5.23. The zero-order chi connectivity index (χ0) is 16.5. The lowest BCUT2D eigenvalue weighted by atomic mass is 10.1. The van der Waals surface area contributed by atoms with Crippen molar-refractivity contribution in [3.8, 4) is 17.2 Å². The summed E-state index contributed by atoms with van der Waals surface area (Å²) in [7, 11) is 0. The molecule has 0 aromatic carbocycles. The standard InChI is InChI=1S/C17H12N6S/c1-11-15(3-2-4-19-11)24-16-5-12(14-7-20-21-8-14)10-23-17(16)13(6-18)9-22-23/h2-5,7-10H,1H3,(H,20,21). The molecule has 24 heavy (non-hydrogen) atoms. The molecule has 4 heterocycles. The molecule has 0 unspecified atom stereocenters. The number of rotatable bonds is 3. The second-order valence-corrected chi connectivity index (χ2v) is 6.32. The van der Waals surface area contributed by atoms with Gasteiger partial charge < -0.3 is 0 Å². The van der Waals surface area contributed by atoms with Crippen LogP contribution in [-0.2, 0) is 0 Å². The van der Waals surface area contributed by atoms with Crippen molar-refractivity contribution in [3.05, 3.63) is 60.4 Å². The molecule has 0 fully saturated rings. The van der Waals surface area contributed by atoms with Crippen molar-refractivity contribution in [2.45, 2.75) is 16.7 Å². The van der Waals surface area contributed by atoms with Crippen molar-refractivity contribution in [3.63, 3.8) is 0 Å². The van der Waals surface area contributed by atoms with E-state index in [9.17, 15) is 5.26 Å². The summed E-state index contributed by atoms with van der Waals surface area (Å²) in [6.45, 7) is 1.97. The summed E-state index contributed by atoms with van der Waals surface area (Å²) < 4.78 is 1.74. The Hall–Kier alpha value is -3.11. The highest BCUT2D eigenvalue weighted by molar-refractivity contribution is 7.99. The minimum absolute atomic E-state index is 0.554. The van der Waals surface area contributed by atoms with Gasteiger partial charge in [-0.05, 0) is 25.1 Å². The average Bonchev–Trinajstić information content (AvgIpc) is 3.26. The second kappa shape index (κ2) is 5.83. The Labute approximate surface area is 142 Å². The number of H-pyrrole nitrogens is 1. The lowest BCUT2D eigenvalue weighted by Crippen LogP contribution is -1.92. The predicted octanol–water partition coefficient (Wildman–Crippen LogP) is 3.45. The van der Waals surface area contributed by atoms with Gasteiger partial charge in [0.25, 0.3) is 0 Å². The van der Waals surface area contributed by atoms with Gasteiger partial charge in [-0.25, -0.2) is 4.52 Å². The number of fused-ring (bicyclic) bond motifs is 1. The fourth-order valence-electron chi connectivity index (χ4n) is 2.51. The van der Waals surface area contributed by atoms with Crippen molar-refractivity contribution in [1.82, 2.24) is 24.8 Å². The third-order valence-corrected chi connectivity index (χ3v) is 4.89. The number of hydrogen-bond acceptors (Lipinski definition) is 5. The van der Waals surface area contributed by atoms with E-state index >= 15 is 0 Å². The highest BCUT2D eigenvalue weighted by Gasteiger charge is 2.14. The molecule has 7 heteroatoms. The number of pyridine rings is 2. The summed E-state index contributed by atoms with van der Waals surface area (Å²) in [4.78, 5) is 6.34. The highest BCUT2D eigenvalue weighted by Crippen LogP contribution is 2.36. The van der Waals surface area contributed by atoms with Crippen LogP contribution in [0.1, 0.15) is 11.3 Å². The molecule has 0 bridgehead atoms. The van der Waals surface area contributed by atoms with Crippen LogP contribution in [-0.4, -0.2) is 24.8 Å².